The van der Waals surface area contributed by atoms with Crippen LogP contribution in [0.15, 0.2) is 0 Å². The lowest BCUT2D eigenvalue weighted by Gasteiger charge is -1.86. The van der Waals surface area contributed by atoms with Gasteiger partial charge < -0.3 is 5.73 Å². The molecule has 1 aliphatic rings. The first kappa shape index (κ1) is 5.10. The molecule has 1 unspecified atom stereocenters. The molecule has 0 amide bonds. The zero-order chi connectivity index (χ0) is 5.28. The van der Waals surface area contributed by atoms with Crippen LogP contribution in [-0.4, -0.2) is 6.04 Å². The summed E-state index contributed by atoms with van der Waals surface area (Å²) >= 11 is 0. The van der Waals surface area contributed by atoms with Gasteiger partial charge in [-0.3, -0.25) is 0 Å². The molecule has 0 bridgehead atoms. The first-order chi connectivity index (χ1) is 3.34. The number of rotatable bonds is 2. The van der Waals surface area contributed by atoms with Crippen molar-refractivity contribution in [3.05, 3.63) is 0 Å². The Morgan fingerprint density at radius 1 is 1.71 bits per heavy atom. The third-order valence-corrected chi connectivity index (χ3v) is 1.64. The Morgan fingerprint density at radius 2 is 2.29 bits per heavy atom. The molecule has 1 saturated carbocycles. The van der Waals surface area contributed by atoms with Gasteiger partial charge in [0.25, 0.3) is 0 Å². The summed E-state index contributed by atoms with van der Waals surface area (Å²) in [6, 6.07) is 0.569. The second-order valence-corrected chi connectivity index (χ2v) is 2.45. The van der Waals surface area contributed by atoms with E-state index in [0.717, 1.165) is 5.92 Å². The number of hydrogen-bond acceptors (Lipinski definition) is 1. The lowest BCUT2D eigenvalue weighted by atomic mass is 10.2. The Bertz CT molecular complexity index is 61.2. The highest BCUT2D eigenvalue weighted by atomic mass is 14.7. The topological polar surface area (TPSA) is 26.0 Å². The van der Waals surface area contributed by atoms with Gasteiger partial charge in [-0.25, -0.2) is 0 Å². The van der Waals surface area contributed by atoms with Gasteiger partial charge in [0.1, 0.15) is 0 Å². The summed E-state index contributed by atoms with van der Waals surface area (Å²) in [6.07, 6.45) is 3.94. The van der Waals surface area contributed by atoms with Crippen molar-refractivity contribution in [3.63, 3.8) is 0 Å². The van der Waals surface area contributed by atoms with E-state index in [4.69, 9.17) is 5.73 Å². The SMILES string of the molecule is CCC[C@H]1CC1N. The van der Waals surface area contributed by atoms with Gasteiger partial charge >= 0.3 is 0 Å². The fraction of sp³-hybridized carbons (Fsp3) is 1.00. The van der Waals surface area contributed by atoms with Crippen LogP contribution in [0, 0.1) is 5.92 Å². The van der Waals surface area contributed by atoms with E-state index in [2.05, 4.69) is 6.92 Å². The van der Waals surface area contributed by atoms with Crippen LogP contribution < -0.4 is 5.73 Å². The van der Waals surface area contributed by atoms with Crippen molar-refractivity contribution in [1.29, 1.82) is 0 Å². The van der Waals surface area contributed by atoms with Crippen molar-refractivity contribution in [2.75, 3.05) is 0 Å². The van der Waals surface area contributed by atoms with Crippen molar-refractivity contribution in [2.24, 2.45) is 11.7 Å². The van der Waals surface area contributed by atoms with Crippen LogP contribution in [0.1, 0.15) is 26.2 Å². The van der Waals surface area contributed by atoms with Crippen LogP contribution in [-0.2, 0) is 0 Å². The molecule has 0 aromatic carbocycles. The maximum Gasteiger partial charge on any atom is 0.00709 e. The fourth-order valence-corrected chi connectivity index (χ4v) is 0.974. The van der Waals surface area contributed by atoms with E-state index in [1.807, 2.05) is 0 Å². The van der Waals surface area contributed by atoms with Gasteiger partial charge in [-0.15, -0.1) is 0 Å². The summed E-state index contributed by atoms with van der Waals surface area (Å²) in [6.45, 7) is 2.21. The van der Waals surface area contributed by atoms with Crippen LogP contribution in [0.2, 0.25) is 0 Å². The molecular weight excluding hydrogens is 86.1 g/mol. The Labute approximate surface area is 44.9 Å². The summed E-state index contributed by atoms with van der Waals surface area (Å²) < 4.78 is 0. The van der Waals surface area contributed by atoms with Crippen molar-refractivity contribution >= 4 is 0 Å². The Balaban J connectivity index is 1.98. The molecule has 0 heterocycles. The predicted octanol–water partition coefficient (Wildman–Crippen LogP) is 1.13. The van der Waals surface area contributed by atoms with E-state index in [9.17, 15) is 0 Å². The molecule has 2 atom stereocenters. The molecule has 2 N–H and O–H groups in total. The molecule has 0 aromatic rings. The molecule has 0 saturated heterocycles. The number of hydrogen-bond donors (Lipinski definition) is 1. The Kier molecular flexibility index (Phi) is 1.33. The lowest BCUT2D eigenvalue weighted by Crippen LogP contribution is -2.00. The van der Waals surface area contributed by atoms with E-state index >= 15 is 0 Å². The summed E-state index contributed by atoms with van der Waals surface area (Å²) in [4.78, 5) is 0. The van der Waals surface area contributed by atoms with Crippen LogP contribution >= 0.6 is 0 Å². The van der Waals surface area contributed by atoms with Crippen molar-refractivity contribution in [2.45, 2.75) is 32.2 Å². The first-order valence-corrected chi connectivity index (χ1v) is 3.10. The van der Waals surface area contributed by atoms with Crippen molar-refractivity contribution < 1.29 is 0 Å². The first-order valence-electron chi connectivity index (χ1n) is 3.10. The van der Waals surface area contributed by atoms with Crippen molar-refractivity contribution in [3.8, 4) is 0 Å². The molecule has 0 aliphatic heterocycles. The highest BCUT2D eigenvalue weighted by Crippen LogP contribution is 2.31. The molecule has 1 fully saturated rings. The normalized spacial score (nSPS) is 38.6. The van der Waals surface area contributed by atoms with E-state index < -0.39 is 0 Å². The lowest BCUT2D eigenvalue weighted by molar-refractivity contribution is 0.683. The second kappa shape index (κ2) is 1.83. The van der Waals surface area contributed by atoms with E-state index in [0.29, 0.717) is 6.04 Å². The quantitative estimate of drug-likeness (QED) is 0.552. The summed E-state index contributed by atoms with van der Waals surface area (Å²) in [5.41, 5.74) is 5.55. The van der Waals surface area contributed by atoms with Gasteiger partial charge in [0, 0.05) is 6.04 Å². The maximum atomic E-state index is 5.55. The molecular formula is C6H13N. The van der Waals surface area contributed by atoms with Gasteiger partial charge in [0.2, 0.25) is 0 Å². The molecule has 1 heteroatoms. The maximum absolute atomic E-state index is 5.55. The highest BCUT2D eigenvalue weighted by molar-refractivity contribution is 4.88. The standard InChI is InChI=1S/C6H13N/c1-2-3-5-4-6(5)7/h5-6H,2-4,7H2,1H3/t5-,6?/m0/s1. The zero-order valence-electron chi connectivity index (χ0n) is 4.85. The second-order valence-electron chi connectivity index (χ2n) is 2.45. The van der Waals surface area contributed by atoms with Gasteiger partial charge in [-0.05, 0) is 18.8 Å². The van der Waals surface area contributed by atoms with E-state index in [1.54, 1.807) is 0 Å². The average Bonchev–Trinajstić information content (AvgIpc) is 2.22. The monoisotopic (exact) mass is 99.1 g/mol. The molecule has 0 aromatic heterocycles. The third kappa shape index (κ3) is 1.16. The summed E-state index contributed by atoms with van der Waals surface area (Å²) in [5, 5.41) is 0. The molecule has 0 radical (unpaired) electrons. The van der Waals surface area contributed by atoms with Gasteiger partial charge in [0.15, 0.2) is 0 Å². The number of nitrogens with two attached hydrogens (primary N) is 1. The minimum atomic E-state index is 0.569. The Morgan fingerprint density at radius 3 is 2.43 bits per heavy atom. The van der Waals surface area contributed by atoms with Gasteiger partial charge in [0.05, 0.1) is 0 Å². The summed E-state index contributed by atoms with van der Waals surface area (Å²) in [5.74, 6) is 0.894. The average molecular weight is 99.2 g/mol. The minimum absolute atomic E-state index is 0.569. The minimum Gasteiger partial charge on any atom is -0.327 e. The summed E-state index contributed by atoms with van der Waals surface area (Å²) in [7, 11) is 0. The molecule has 0 spiro atoms. The van der Waals surface area contributed by atoms with Crippen LogP contribution in [0.25, 0.3) is 0 Å². The van der Waals surface area contributed by atoms with E-state index in [1.165, 1.54) is 19.3 Å². The fourth-order valence-electron chi connectivity index (χ4n) is 0.974. The van der Waals surface area contributed by atoms with Crippen molar-refractivity contribution in [1.82, 2.24) is 0 Å². The van der Waals surface area contributed by atoms with Crippen LogP contribution in [0.4, 0.5) is 0 Å². The van der Waals surface area contributed by atoms with E-state index in [-0.39, 0.29) is 0 Å². The Hall–Kier alpha value is -0.0400. The largest absolute Gasteiger partial charge is 0.327 e. The highest BCUT2D eigenvalue weighted by Gasteiger charge is 2.31. The predicted molar refractivity (Wildman–Crippen MR) is 31.0 cm³/mol. The van der Waals surface area contributed by atoms with Gasteiger partial charge in [-0.2, -0.15) is 0 Å². The zero-order valence-corrected chi connectivity index (χ0v) is 4.85. The molecule has 1 aliphatic carbocycles. The van der Waals surface area contributed by atoms with Gasteiger partial charge in [-0.1, -0.05) is 13.3 Å². The molecule has 42 valence electrons. The smallest absolute Gasteiger partial charge is 0.00709 e. The molecule has 1 rings (SSSR count). The molecule has 1 nitrogen and oxygen atoms in total. The van der Waals surface area contributed by atoms with Crippen LogP contribution in [0.5, 0.6) is 0 Å². The molecule has 7 heavy (non-hydrogen) atoms. The van der Waals surface area contributed by atoms with Crippen LogP contribution in [0.3, 0.4) is 0 Å². The third-order valence-electron chi connectivity index (χ3n) is 1.64.